The Labute approximate surface area is 86.1 Å². The highest BCUT2D eigenvalue weighted by Crippen LogP contribution is 2.34. The van der Waals surface area contributed by atoms with E-state index in [2.05, 4.69) is 11.4 Å². The predicted octanol–water partition coefficient (Wildman–Crippen LogP) is 3.57. The Morgan fingerprint density at radius 3 is 2.92 bits per heavy atom. The molecule has 3 heteroatoms. The summed E-state index contributed by atoms with van der Waals surface area (Å²) in [6.45, 7) is 1.98. The molecule has 2 rings (SSSR count). The zero-order valence-corrected chi connectivity index (χ0v) is 8.82. The number of rotatable bonds is 1. The lowest BCUT2D eigenvalue weighted by molar-refractivity contribution is 0.830. The zero-order chi connectivity index (χ0) is 9.42. The SMILES string of the molecule is CC(N)c1csc2cccc(Cl)c12. The fraction of sp³-hybridized carbons (Fsp3) is 0.200. The Morgan fingerprint density at radius 2 is 2.23 bits per heavy atom. The van der Waals surface area contributed by atoms with Crippen LogP contribution in [0.4, 0.5) is 0 Å². The molecule has 1 unspecified atom stereocenters. The monoisotopic (exact) mass is 211 g/mol. The van der Waals surface area contributed by atoms with Crippen LogP contribution in [0.5, 0.6) is 0 Å². The molecule has 13 heavy (non-hydrogen) atoms. The molecule has 0 aliphatic rings. The third-order valence-corrected chi connectivity index (χ3v) is 3.35. The van der Waals surface area contributed by atoms with Crippen molar-refractivity contribution in [1.82, 2.24) is 0 Å². The van der Waals surface area contributed by atoms with E-state index >= 15 is 0 Å². The summed E-state index contributed by atoms with van der Waals surface area (Å²) in [5.74, 6) is 0. The lowest BCUT2D eigenvalue weighted by atomic mass is 10.1. The Balaban J connectivity index is 2.79. The summed E-state index contributed by atoms with van der Waals surface area (Å²) in [4.78, 5) is 0. The number of benzene rings is 1. The van der Waals surface area contributed by atoms with Gasteiger partial charge in [-0.2, -0.15) is 0 Å². The lowest BCUT2D eigenvalue weighted by Gasteiger charge is -2.03. The minimum absolute atomic E-state index is 0.0497. The second-order valence-corrected chi connectivity index (χ2v) is 4.41. The fourth-order valence-electron chi connectivity index (χ4n) is 1.40. The quantitative estimate of drug-likeness (QED) is 0.767. The number of hydrogen-bond donors (Lipinski definition) is 1. The maximum atomic E-state index is 6.10. The van der Waals surface area contributed by atoms with Crippen LogP contribution in [0.2, 0.25) is 5.02 Å². The minimum atomic E-state index is 0.0497. The molecule has 0 fully saturated rings. The van der Waals surface area contributed by atoms with Crippen molar-refractivity contribution in [2.24, 2.45) is 5.73 Å². The van der Waals surface area contributed by atoms with E-state index in [-0.39, 0.29) is 6.04 Å². The fourth-order valence-corrected chi connectivity index (χ4v) is 2.83. The van der Waals surface area contributed by atoms with E-state index in [1.54, 1.807) is 11.3 Å². The van der Waals surface area contributed by atoms with E-state index in [1.807, 2.05) is 19.1 Å². The number of halogens is 1. The molecule has 2 N–H and O–H groups in total. The highest BCUT2D eigenvalue weighted by Gasteiger charge is 2.09. The van der Waals surface area contributed by atoms with Gasteiger partial charge in [-0.15, -0.1) is 11.3 Å². The topological polar surface area (TPSA) is 26.0 Å². The molecule has 2 aromatic rings. The summed E-state index contributed by atoms with van der Waals surface area (Å²) in [7, 11) is 0. The number of nitrogens with two attached hydrogens (primary N) is 1. The van der Waals surface area contributed by atoms with Crippen LogP contribution in [0.25, 0.3) is 10.1 Å². The van der Waals surface area contributed by atoms with Gasteiger partial charge in [-0.25, -0.2) is 0 Å². The Hall–Kier alpha value is -0.570. The van der Waals surface area contributed by atoms with Crippen molar-refractivity contribution in [2.75, 3.05) is 0 Å². The number of hydrogen-bond acceptors (Lipinski definition) is 2. The highest BCUT2D eigenvalue weighted by atomic mass is 35.5. The van der Waals surface area contributed by atoms with Crippen LogP contribution in [0.1, 0.15) is 18.5 Å². The molecule has 1 aromatic heterocycles. The van der Waals surface area contributed by atoms with Gasteiger partial charge >= 0.3 is 0 Å². The summed E-state index contributed by atoms with van der Waals surface area (Å²) in [6.07, 6.45) is 0. The van der Waals surface area contributed by atoms with Crippen LogP contribution in [-0.4, -0.2) is 0 Å². The molecule has 68 valence electrons. The van der Waals surface area contributed by atoms with Crippen molar-refractivity contribution >= 4 is 33.0 Å². The average molecular weight is 212 g/mol. The van der Waals surface area contributed by atoms with Gasteiger partial charge in [0.05, 0.1) is 0 Å². The van der Waals surface area contributed by atoms with Crippen molar-refractivity contribution in [1.29, 1.82) is 0 Å². The molecular formula is C10H10ClNS. The van der Waals surface area contributed by atoms with E-state index in [4.69, 9.17) is 17.3 Å². The first kappa shape index (κ1) is 9.00. The molecular weight excluding hydrogens is 202 g/mol. The van der Waals surface area contributed by atoms with Crippen molar-refractivity contribution in [2.45, 2.75) is 13.0 Å². The van der Waals surface area contributed by atoms with Crippen molar-refractivity contribution in [3.63, 3.8) is 0 Å². The first-order chi connectivity index (χ1) is 6.20. The Bertz CT molecular complexity index is 433. The molecule has 1 nitrogen and oxygen atoms in total. The van der Waals surface area contributed by atoms with E-state index in [1.165, 1.54) is 4.70 Å². The van der Waals surface area contributed by atoms with Crippen LogP contribution in [0, 0.1) is 0 Å². The first-order valence-electron chi connectivity index (χ1n) is 4.11. The molecule has 0 spiro atoms. The van der Waals surface area contributed by atoms with Gasteiger partial charge in [0.2, 0.25) is 0 Å². The molecule has 0 saturated carbocycles. The van der Waals surface area contributed by atoms with Crippen LogP contribution in [0.15, 0.2) is 23.6 Å². The van der Waals surface area contributed by atoms with Gasteiger partial charge in [-0.1, -0.05) is 17.7 Å². The molecule has 0 saturated heterocycles. The second-order valence-electron chi connectivity index (χ2n) is 3.09. The molecule has 0 amide bonds. The highest BCUT2D eigenvalue weighted by molar-refractivity contribution is 7.17. The van der Waals surface area contributed by atoms with Gasteiger partial charge in [0.15, 0.2) is 0 Å². The molecule has 0 aliphatic heterocycles. The van der Waals surface area contributed by atoms with E-state index < -0.39 is 0 Å². The number of thiophene rings is 1. The summed E-state index contributed by atoms with van der Waals surface area (Å²) in [6, 6.07) is 5.99. The first-order valence-corrected chi connectivity index (χ1v) is 5.37. The van der Waals surface area contributed by atoms with Crippen molar-refractivity contribution < 1.29 is 0 Å². The number of fused-ring (bicyclic) bond motifs is 1. The molecule has 1 atom stereocenters. The Morgan fingerprint density at radius 1 is 1.46 bits per heavy atom. The van der Waals surface area contributed by atoms with Crippen molar-refractivity contribution in [3.05, 3.63) is 34.2 Å². The zero-order valence-electron chi connectivity index (χ0n) is 7.25. The summed E-state index contributed by atoms with van der Waals surface area (Å²) >= 11 is 7.79. The molecule has 0 aliphatic carbocycles. The molecule has 1 aromatic carbocycles. The summed E-state index contributed by atoms with van der Waals surface area (Å²) in [5, 5.41) is 4.00. The van der Waals surface area contributed by atoms with E-state index in [0.29, 0.717) is 0 Å². The predicted molar refractivity (Wildman–Crippen MR) is 59.4 cm³/mol. The van der Waals surface area contributed by atoms with Gasteiger partial charge in [0.1, 0.15) is 0 Å². The minimum Gasteiger partial charge on any atom is -0.324 e. The third-order valence-electron chi connectivity index (χ3n) is 2.07. The van der Waals surface area contributed by atoms with Gasteiger partial charge < -0.3 is 5.73 Å². The Kier molecular flexibility index (Phi) is 2.28. The van der Waals surface area contributed by atoms with E-state index in [9.17, 15) is 0 Å². The van der Waals surface area contributed by atoms with Gasteiger partial charge in [-0.3, -0.25) is 0 Å². The molecule has 1 heterocycles. The third kappa shape index (κ3) is 1.46. The van der Waals surface area contributed by atoms with Crippen LogP contribution in [0.3, 0.4) is 0 Å². The van der Waals surface area contributed by atoms with Crippen LogP contribution < -0.4 is 5.73 Å². The standard InChI is InChI=1S/C10H10ClNS/c1-6(12)7-5-13-9-4-2-3-8(11)10(7)9/h2-6H,12H2,1H3. The molecule has 0 bridgehead atoms. The van der Waals surface area contributed by atoms with E-state index in [0.717, 1.165) is 16.0 Å². The smallest absolute Gasteiger partial charge is 0.0496 e. The summed E-state index contributed by atoms with van der Waals surface area (Å²) < 4.78 is 1.21. The largest absolute Gasteiger partial charge is 0.324 e. The van der Waals surface area contributed by atoms with Gasteiger partial charge in [0, 0.05) is 21.2 Å². The maximum absolute atomic E-state index is 6.10. The van der Waals surface area contributed by atoms with Gasteiger partial charge in [0.25, 0.3) is 0 Å². The van der Waals surface area contributed by atoms with Crippen LogP contribution >= 0.6 is 22.9 Å². The molecule has 0 radical (unpaired) electrons. The van der Waals surface area contributed by atoms with Gasteiger partial charge in [-0.05, 0) is 30.0 Å². The normalized spacial score (nSPS) is 13.5. The van der Waals surface area contributed by atoms with Crippen LogP contribution in [-0.2, 0) is 0 Å². The second kappa shape index (κ2) is 3.29. The maximum Gasteiger partial charge on any atom is 0.0496 e. The summed E-state index contributed by atoms with van der Waals surface area (Å²) in [5.41, 5.74) is 6.99. The van der Waals surface area contributed by atoms with Crippen molar-refractivity contribution in [3.8, 4) is 0 Å². The average Bonchev–Trinajstić information content (AvgIpc) is 2.49. The lowest BCUT2D eigenvalue weighted by Crippen LogP contribution is -2.03.